The number of ether oxygens (including phenoxy) is 1. The molecule has 3 N–H and O–H groups in total. The van der Waals surface area contributed by atoms with Crippen LogP contribution < -0.4 is 15.8 Å². The van der Waals surface area contributed by atoms with Gasteiger partial charge in [0.25, 0.3) is 18.2 Å². The Morgan fingerprint density at radius 1 is 1.22 bits per heavy atom. The van der Waals surface area contributed by atoms with Gasteiger partial charge in [-0.05, 0) is 56.2 Å². The van der Waals surface area contributed by atoms with Gasteiger partial charge in [-0.3, -0.25) is 14.3 Å². The van der Waals surface area contributed by atoms with Gasteiger partial charge in [0.1, 0.15) is 33.5 Å². The average molecular weight is 600 g/mol. The number of alkyl halides is 2. The maximum atomic E-state index is 13.8. The minimum atomic E-state index is -2.87. The lowest BCUT2D eigenvalue weighted by atomic mass is 10.0. The molecule has 2 amide bonds. The summed E-state index contributed by atoms with van der Waals surface area (Å²) in [7, 11) is 0. The Labute approximate surface area is 241 Å². The molecule has 0 aliphatic rings. The molecule has 5 rings (SSSR count). The molecule has 4 heterocycles. The van der Waals surface area contributed by atoms with E-state index >= 15 is 0 Å². The number of primary amides is 1. The van der Waals surface area contributed by atoms with Crippen LogP contribution in [0, 0.1) is 13.8 Å². The molecule has 9 nitrogen and oxygen atoms in total. The topological polar surface area (TPSA) is 125 Å². The van der Waals surface area contributed by atoms with Crippen LogP contribution in [0.4, 0.5) is 14.5 Å². The molecular weight excluding hydrogens is 576 g/mol. The third-order valence-corrected chi connectivity index (χ3v) is 7.86. The lowest BCUT2D eigenvalue weighted by molar-refractivity contribution is 0.0992. The first-order chi connectivity index (χ1) is 19.6. The number of thiophene rings is 1. The number of aromatic nitrogens is 3. The lowest BCUT2D eigenvalue weighted by Crippen LogP contribution is -2.16. The number of anilines is 1. The van der Waals surface area contributed by atoms with Crippen molar-refractivity contribution < 1.29 is 27.5 Å². The number of nitrogens with one attached hydrogen (secondary N) is 1. The van der Waals surface area contributed by atoms with Gasteiger partial charge in [-0.1, -0.05) is 23.7 Å². The van der Waals surface area contributed by atoms with E-state index in [0.717, 1.165) is 16.9 Å². The van der Waals surface area contributed by atoms with E-state index in [-0.39, 0.29) is 27.8 Å². The number of rotatable bonds is 9. The standard InChI is InChI=1S/C28H24ClF2N5O4S/c1-4-36-14(3)17(11-33-36)16-10-19(25(30)31)34-28-21(16)22(24(41-28)26(32)37)35-27(38)20-9-8-15(40-20)12-39-23-13(2)6-5-7-18(23)29/h5-11,25H,4,12H2,1-3H3,(H2,32,37)(H,35,38). The van der Waals surface area contributed by atoms with Crippen LogP contribution in [0.2, 0.25) is 5.02 Å². The van der Waals surface area contributed by atoms with Crippen LogP contribution >= 0.6 is 22.9 Å². The van der Waals surface area contributed by atoms with Crippen LogP contribution in [0.5, 0.6) is 5.75 Å². The molecular formula is C28H24ClF2N5O4S. The van der Waals surface area contributed by atoms with Gasteiger partial charge in [0.2, 0.25) is 0 Å². The fraction of sp³-hybridized carbons (Fsp3) is 0.214. The molecule has 1 aromatic carbocycles. The van der Waals surface area contributed by atoms with Crippen molar-refractivity contribution in [3.8, 4) is 16.9 Å². The molecule has 4 aromatic heterocycles. The number of carbonyl (C=O) groups excluding carboxylic acids is 2. The van der Waals surface area contributed by atoms with Crippen molar-refractivity contribution in [3.05, 3.63) is 81.0 Å². The van der Waals surface area contributed by atoms with E-state index in [1.165, 1.54) is 12.1 Å². The largest absolute Gasteiger partial charge is 0.484 e. The van der Waals surface area contributed by atoms with Gasteiger partial charge in [-0.15, -0.1) is 11.3 Å². The normalized spacial score (nSPS) is 11.4. The monoisotopic (exact) mass is 599 g/mol. The van der Waals surface area contributed by atoms with Gasteiger partial charge in [0.15, 0.2) is 5.76 Å². The van der Waals surface area contributed by atoms with Crippen molar-refractivity contribution in [2.75, 3.05) is 5.32 Å². The maximum Gasteiger partial charge on any atom is 0.291 e. The number of aryl methyl sites for hydroxylation is 2. The van der Waals surface area contributed by atoms with E-state index in [0.29, 0.717) is 45.3 Å². The highest BCUT2D eigenvalue weighted by Gasteiger charge is 2.27. The average Bonchev–Trinajstić information content (AvgIpc) is 3.65. The Hall–Kier alpha value is -4.29. The molecule has 0 bridgehead atoms. The zero-order valence-electron chi connectivity index (χ0n) is 22.1. The van der Waals surface area contributed by atoms with Crippen molar-refractivity contribution in [1.29, 1.82) is 0 Å². The summed E-state index contributed by atoms with van der Waals surface area (Å²) in [6, 6.07) is 9.63. The highest BCUT2D eigenvalue weighted by atomic mass is 35.5. The number of nitrogens with zero attached hydrogens (tertiary/aromatic N) is 3. The van der Waals surface area contributed by atoms with Crippen LogP contribution in [0.3, 0.4) is 0 Å². The summed E-state index contributed by atoms with van der Waals surface area (Å²) < 4.78 is 40.8. The molecule has 0 atom stereocenters. The minimum absolute atomic E-state index is 0.0109. The van der Waals surface area contributed by atoms with Crippen molar-refractivity contribution in [2.45, 2.75) is 40.3 Å². The molecule has 0 aliphatic heterocycles. The van der Waals surface area contributed by atoms with E-state index in [1.807, 2.05) is 19.9 Å². The van der Waals surface area contributed by atoms with Gasteiger partial charge in [-0.2, -0.15) is 5.10 Å². The number of furan rings is 1. The molecule has 0 fully saturated rings. The number of para-hydroxylation sites is 1. The Balaban J connectivity index is 1.52. The van der Waals surface area contributed by atoms with Gasteiger partial charge in [-0.25, -0.2) is 13.8 Å². The first kappa shape index (κ1) is 28.2. The quantitative estimate of drug-likeness (QED) is 0.190. The number of benzene rings is 1. The molecule has 0 saturated heterocycles. The molecule has 0 saturated carbocycles. The first-order valence-electron chi connectivity index (χ1n) is 12.4. The molecule has 212 valence electrons. The van der Waals surface area contributed by atoms with Gasteiger partial charge in [0.05, 0.1) is 16.9 Å². The smallest absolute Gasteiger partial charge is 0.291 e. The SMILES string of the molecule is CCn1ncc(-c2cc(C(F)F)nc3sc(C(N)=O)c(NC(=O)c4ccc(COc5c(C)cccc5Cl)o4)c23)c1C. The van der Waals surface area contributed by atoms with Crippen LogP contribution in [-0.2, 0) is 13.2 Å². The molecule has 0 radical (unpaired) electrons. The summed E-state index contributed by atoms with van der Waals surface area (Å²) in [5, 5.41) is 7.76. The number of nitrogens with two attached hydrogens (primary N) is 1. The zero-order valence-corrected chi connectivity index (χ0v) is 23.7. The fourth-order valence-electron chi connectivity index (χ4n) is 4.46. The van der Waals surface area contributed by atoms with E-state index in [2.05, 4.69) is 15.4 Å². The highest BCUT2D eigenvalue weighted by Crippen LogP contribution is 2.43. The minimum Gasteiger partial charge on any atom is -0.484 e. The summed E-state index contributed by atoms with van der Waals surface area (Å²) in [6.07, 6.45) is -1.31. The van der Waals surface area contributed by atoms with Crippen molar-refractivity contribution in [2.24, 2.45) is 5.73 Å². The first-order valence-corrected chi connectivity index (χ1v) is 13.6. The van der Waals surface area contributed by atoms with Crippen LogP contribution in [0.1, 0.15) is 56.3 Å². The third kappa shape index (κ3) is 5.40. The van der Waals surface area contributed by atoms with Crippen LogP contribution in [-0.4, -0.2) is 26.6 Å². The second-order valence-corrected chi connectivity index (χ2v) is 10.5. The predicted octanol–water partition coefficient (Wildman–Crippen LogP) is 6.91. The number of hydrogen-bond donors (Lipinski definition) is 2. The summed E-state index contributed by atoms with van der Waals surface area (Å²) in [6.45, 7) is 6.12. The Morgan fingerprint density at radius 3 is 2.66 bits per heavy atom. The summed E-state index contributed by atoms with van der Waals surface area (Å²) >= 11 is 7.03. The van der Waals surface area contributed by atoms with E-state index < -0.39 is 23.9 Å². The number of amides is 2. The number of halogens is 3. The molecule has 0 aliphatic carbocycles. The molecule has 5 aromatic rings. The Kier molecular flexibility index (Phi) is 7.78. The summed E-state index contributed by atoms with van der Waals surface area (Å²) in [5.41, 5.74) is 7.66. The van der Waals surface area contributed by atoms with Crippen molar-refractivity contribution in [3.63, 3.8) is 0 Å². The van der Waals surface area contributed by atoms with Gasteiger partial charge < -0.3 is 20.2 Å². The Bertz CT molecular complexity index is 1780. The summed E-state index contributed by atoms with van der Waals surface area (Å²) in [5.74, 6) is -0.749. The van der Waals surface area contributed by atoms with Gasteiger partial charge in [0, 0.05) is 23.2 Å². The van der Waals surface area contributed by atoms with Crippen molar-refractivity contribution >= 4 is 50.7 Å². The molecule has 0 spiro atoms. The summed E-state index contributed by atoms with van der Waals surface area (Å²) in [4.78, 5) is 29.8. The van der Waals surface area contributed by atoms with Gasteiger partial charge >= 0.3 is 0 Å². The highest BCUT2D eigenvalue weighted by molar-refractivity contribution is 7.21. The Morgan fingerprint density at radius 2 is 2.00 bits per heavy atom. The fourth-order valence-corrected chi connectivity index (χ4v) is 5.75. The second kappa shape index (κ2) is 11.3. The third-order valence-electron chi connectivity index (χ3n) is 6.47. The zero-order chi connectivity index (χ0) is 29.4. The van der Waals surface area contributed by atoms with E-state index in [9.17, 15) is 18.4 Å². The van der Waals surface area contributed by atoms with Crippen LogP contribution in [0.25, 0.3) is 21.3 Å². The lowest BCUT2D eigenvalue weighted by Gasteiger charge is -2.11. The van der Waals surface area contributed by atoms with E-state index in [1.54, 1.807) is 36.0 Å². The predicted molar refractivity (Wildman–Crippen MR) is 152 cm³/mol. The second-order valence-electron chi connectivity index (χ2n) is 9.10. The number of pyridine rings is 1. The van der Waals surface area contributed by atoms with Crippen molar-refractivity contribution in [1.82, 2.24) is 14.8 Å². The molecule has 41 heavy (non-hydrogen) atoms. The molecule has 0 unspecified atom stereocenters. The maximum absolute atomic E-state index is 13.8. The van der Waals surface area contributed by atoms with E-state index in [4.69, 9.17) is 26.5 Å². The van der Waals surface area contributed by atoms with Crippen LogP contribution in [0.15, 0.2) is 47.0 Å². The number of hydrogen-bond acceptors (Lipinski definition) is 7. The number of fused-ring (bicyclic) bond motifs is 1. The number of carbonyl (C=O) groups is 2. The molecule has 13 heteroatoms.